The smallest absolute Gasteiger partial charge is 0.264 e. The third-order valence-corrected chi connectivity index (χ3v) is 8.74. The van der Waals surface area contributed by atoms with Crippen molar-refractivity contribution < 1.29 is 24.2 Å². The van der Waals surface area contributed by atoms with Crippen molar-refractivity contribution in [3.05, 3.63) is 89.5 Å². The largest absolute Gasteiger partial charge is 0.497 e. The molecule has 210 valence electrons. The molecule has 7 heteroatoms. The molecule has 0 bridgehead atoms. The topological polar surface area (TPSA) is 88.1 Å². The van der Waals surface area contributed by atoms with Crippen molar-refractivity contribution >= 4 is 23.2 Å². The van der Waals surface area contributed by atoms with Crippen LogP contribution in [0.25, 0.3) is 0 Å². The van der Waals surface area contributed by atoms with Crippen LogP contribution in [-0.2, 0) is 31.9 Å². The lowest BCUT2D eigenvalue weighted by molar-refractivity contribution is -0.146. The standard InChI is InChI=1S/C33H38N2O5/c1-21-30(32(3,4)24-13-15-26(39-5)16-14-24)29(17-18-36)40-33(21)27-11-6-7-12-28(27)35(31(33)38)20-23-9-8-10-25(19-23)34-22(2)37/h6-16,19,21,29-30,36H,17-18,20H2,1-5H3,(H,34,37)/t21-,29+,30-,33+/m0/s1. The number of anilines is 2. The first kappa shape index (κ1) is 27.9. The molecule has 0 radical (unpaired) electrons. The molecule has 2 N–H and O–H groups in total. The molecule has 1 spiro atoms. The summed E-state index contributed by atoms with van der Waals surface area (Å²) in [4.78, 5) is 28.0. The summed E-state index contributed by atoms with van der Waals surface area (Å²) in [6, 6.07) is 23.5. The third kappa shape index (κ3) is 4.57. The number of nitrogens with one attached hydrogen (secondary N) is 1. The molecule has 2 aliphatic heterocycles. The maximum atomic E-state index is 14.6. The van der Waals surface area contributed by atoms with Gasteiger partial charge in [-0.2, -0.15) is 0 Å². The second kappa shape index (κ2) is 10.7. The number of amides is 2. The number of methoxy groups -OCH3 is 1. The summed E-state index contributed by atoms with van der Waals surface area (Å²) in [5.74, 6) is 0.324. The van der Waals surface area contributed by atoms with E-state index in [1.54, 1.807) is 12.0 Å². The fraction of sp³-hybridized carbons (Fsp3) is 0.394. The van der Waals surface area contributed by atoms with Crippen LogP contribution in [-0.4, -0.2) is 36.7 Å². The van der Waals surface area contributed by atoms with Crippen LogP contribution >= 0.6 is 0 Å². The van der Waals surface area contributed by atoms with E-state index in [4.69, 9.17) is 9.47 Å². The summed E-state index contributed by atoms with van der Waals surface area (Å²) in [6.45, 7) is 8.29. The zero-order chi connectivity index (χ0) is 28.7. The molecule has 1 saturated heterocycles. The molecule has 5 rings (SSSR count). The molecular weight excluding hydrogens is 504 g/mol. The number of hydrogen-bond acceptors (Lipinski definition) is 5. The van der Waals surface area contributed by atoms with Crippen molar-refractivity contribution in [3.8, 4) is 5.75 Å². The van der Waals surface area contributed by atoms with Gasteiger partial charge in [-0.3, -0.25) is 9.59 Å². The van der Waals surface area contributed by atoms with E-state index in [9.17, 15) is 14.7 Å². The Hall–Kier alpha value is -3.68. The Morgan fingerprint density at radius 1 is 1.10 bits per heavy atom. The molecule has 3 aromatic rings. The summed E-state index contributed by atoms with van der Waals surface area (Å²) in [5, 5.41) is 12.9. The highest BCUT2D eigenvalue weighted by molar-refractivity contribution is 6.07. The molecule has 40 heavy (non-hydrogen) atoms. The second-order valence-electron chi connectivity index (χ2n) is 11.5. The van der Waals surface area contributed by atoms with Crippen LogP contribution < -0.4 is 15.0 Å². The summed E-state index contributed by atoms with van der Waals surface area (Å²) < 4.78 is 12.3. The van der Waals surface area contributed by atoms with Crippen LogP contribution in [0, 0.1) is 11.8 Å². The minimum atomic E-state index is -1.17. The monoisotopic (exact) mass is 542 g/mol. The van der Waals surface area contributed by atoms with Gasteiger partial charge >= 0.3 is 0 Å². The lowest BCUT2D eigenvalue weighted by Crippen LogP contribution is -2.45. The molecule has 0 saturated carbocycles. The van der Waals surface area contributed by atoms with Gasteiger partial charge < -0.3 is 24.8 Å². The first-order valence-corrected chi connectivity index (χ1v) is 13.8. The number of aliphatic hydroxyl groups excluding tert-OH is 1. The fourth-order valence-electron chi connectivity index (χ4n) is 6.96. The van der Waals surface area contributed by atoms with Crippen molar-refractivity contribution in [1.29, 1.82) is 0 Å². The van der Waals surface area contributed by atoms with E-state index in [1.165, 1.54) is 6.92 Å². The molecule has 1 fully saturated rings. The Labute approximate surface area is 236 Å². The van der Waals surface area contributed by atoms with Gasteiger partial charge in [-0.15, -0.1) is 0 Å². The maximum Gasteiger partial charge on any atom is 0.264 e. The normalized spacial score (nSPS) is 23.9. The predicted molar refractivity (Wildman–Crippen MR) is 155 cm³/mol. The van der Waals surface area contributed by atoms with E-state index in [2.05, 4.69) is 38.2 Å². The Morgan fingerprint density at radius 3 is 2.50 bits per heavy atom. The predicted octanol–water partition coefficient (Wildman–Crippen LogP) is 5.41. The van der Waals surface area contributed by atoms with Crippen LogP contribution in [0.2, 0.25) is 0 Å². The van der Waals surface area contributed by atoms with Gasteiger partial charge in [0.05, 0.1) is 25.4 Å². The van der Waals surface area contributed by atoms with Crippen LogP contribution in [0.3, 0.4) is 0 Å². The number of benzene rings is 3. The minimum Gasteiger partial charge on any atom is -0.497 e. The molecule has 0 aliphatic carbocycles. The van der Waals surface area contributed by atoms with Crippen LogP contribution in [0.15, 0.2) is 72.8 Å². The van der Waals surface area contributed by atoms with Crippen LogP contribution in [0.1, 0.15) is 50.8 Å². The van der Waals surface area contributed by atoms with E-state index in [0.717, 1.165) is 28.1 Å². The summed E-state index contributed by atoms with van der Waals surface area (Å²) in [7, 11) is 1.65. The molecule has 2 aliphatic rings. The highest BCUT2D eigenvalue weighted by atomic mass is 16.5. The van der Waals surface area contributed by atoms with Crippen molar-refractivity contribution in [1.82, 2.24) is 0 Å². The third-order valence-electron chi connectivity index (χ3n) is 8.74. The van der Waals surface area contributed by atoms with Gasteiger partial charge in [0.2, 0.25) is 5.91 Å². The quantitative estimate of drug-likeness (QED) is 0.398. The van der Waals surface area contributed by atoms with Gasteiger partial charge in [0.15, 0.2) is 5.60 Å². The van der Waals surface area contributed by atoms with E-state index in [-0.39, 0.29) is 41.8 Å². The first-order valence-electron chi connectivity index (χ1n) is 13.8. The van der Waals surface area contributed by atoms with Crippen molar-refractivity contribution in [2.45, 2.75) is 57.8 Å². The molecule has 0 unspecified atom stereocenters. The summed E-state index contributed by atoms with van der Waals surface area (Å²) in [6.07, 6.45) is 0.113. The number of carbonyl (C=O) groups is 2. The SMILES string of the molecule is COc1ccc(C(C)(C)[C@@H]2[C@@H](CCO)O[C@]3(C(=O)N(Cc4cccc(NC(C)=O)c4)c4ccccc43)[C@H]2C)cc1. The molecule has 7 nitrogen and oxygen atoms in total. The number of rotatable bonds is 8. The van der Waals surface area contributed by atoms with Gasteiger partial charge in [-0.1, -0.05) is 63.2 Å². The van der Waals surface area contributed by atoms with Crippen LogP contribution in [0.5, 0.6) is 5.75 Å². The summed E-state index contributed by atoms with van der Waals surface area (Å²) >= 11 is 0. The van der Waals surface area contributed by atoms with E-state index in [1.807, 2.05) is 60.7 Å². The number of para-hydroxylation sites is 1. The lowest BCUT2D eigenvalue weighted by atomic mass is 9.63. The molecule has 2 heterocycles. The Kier molecular flexibility index (Phi) is 7.46. The van der Waals surface area contributed by atoms with Gasteiger partial charge in [0.1, 0.15) is 5.75 Å². The van der Waals surface area contributed by atoms with Crippen molar-refractivity contribution in [2.75, 3.05) is 23.9 Å². The Balaban J connectivity index is 1.55. The molecule has 4 atom stereocenters. The minimum absolute atomic E-state index is 0.0296. The van der Waals surface area contributed by atoms with Gasteiger partial charge in [-0.05, 0) is 53.3 Å². The fourth-order valence-corrected chi connectivity index (χ4v) is 6.96. The molecule has 0 aromatic heterocycles. The number of nitrogens with zero attached hydrogens (tertiary/aromatic N) is 1. The average molecular weight is 543 g/mol. The Morgan fingerprint density at radius 2 is 1.82 bits per heavy atom. The lowest BCUT2D eigenvalue weighted by Gasteiger charge is -2.38. The highest BCUT2D eigenvalue weighted by Crippen LogP contribution is 2.59. The number of fused-ring (bicyclic) bond motifs is 2. The number of hydrogen-bond donors (Lipinski definition) is 2. The zero-order valence-electron chi connectivity index (χ0n) is 23.8. The van der Waals surface area contributed by atoms with Gasteiger partial charge in [-0.25, -0.2) is 0 Å². The first-order chi connectivity index (χ1) is 19.1. The maximum absolute atomic E-state index is 14.6. The number of carbonyl (C=O) groups excluding carboxylic acids is 2. The Bertz CT molecular complexity index is 1400. The summed E-state index contributed by atoms with van der Waals surface area (Å²) in [5.41, 5.74) is 2.88. The van der Waals surface area contributed by atoms with E-state index >= 15 is 0 Å². The number of ether oxygens (including phenoxy) is 2. The van der Waals surface area contributed by atoms with E-state index in [0.29, 0.717) is 18.7 Å². The van der Waals surface area contributed by atoms with Gasteiger partial charge in [0, 0.05) is 36.6 Å². The molecule has 3 aromatic carbocycles. The van der Waals surface area contributed by atoms with E-state index < -0.39 is 5.60 Å². The number of aliphatic hydroxyl groups is 1. The average Bonchev–Trinajstić information content (AvgIpc) is 3.36. The van der Waals surface area contributed by atoms with Crippen molar-refractivity contribution in [2.24, 2.45) is 11.8 Å². The zero-order valence-corrected chi connectivity index (χ0v) is 23.8. The van der Waals surface area contributed by atoms with Crippen molar-refractivity contribution in [3.63, 3.8) is 0 Å². The highest BCUT2D eigenvalue weighted by Gasteiger charge is 2.65. The molecular formula is C33H38N2O5. The van der Waals surface area contributed by atoms with Gasteiger partial charge in [0.25, 0.3) is 5.91 Å². The molecule has 2 amide bonds. The second-order valence-corrected chi connectivity index (χ2v) is 11.5. The van der Waals surface area contributed by atoms with Crippen LogP contribution in [0.4, 0.5) is 11.4 Å².